The Morgan fingerprint density at radius 3 is 1.88 bits per heavy atom. The Kier molecular flexibility index (Phi) is 5.37. The predicted octanol–water partition coefficient (Wildman–Crippen LogP) is 9.17. The van der Waals surface area contributed by atoms with Crippen molar-refractivity contribution in [3.05, 3.63) is 113 Å². The number of anilines is 3. The molecule has 0 bridgehead atoms. The Hall–Kier alpha value is -3.32. The highest BCUT2D eigenvalue weighted by atomic mass is 15.1. The highest BCUT2D eigenvalue weighted by Crippen LogP contribution is 2.54. The Morgan fingerprint density at radius 1 is 0.576 bits per heavy atom. The lowest BCUT2D eigenvalue weighted by atomic mass is 9.74. The lowest BCUT2D eigenvalue weighted by Crippen LogP contribution is -2.23. The van der Waals surface area contributed by atoms with Gasteiger partial charge in [0.05, 0.1) is 0 Å². The molecule has 5 rings (SSSR count). The molecule has 0 unspecified atom stereocenters. The van der Waals surface area contributed by atoms with Crippen LogP contribution in [0, 0.1) is 20.8 Å². The molecule has 1 aliphatic carbocycles. The maximum Gasteiger partial charge on any atom is 0.0465 e. The van der Waals surface area contributed by atoms with Gasteiger partial charge in [0.25, 0.3) is 0 Å². The minimum Gasteiger partial charge on any atom is -0.310 e. The second-order valence-electron chi connectivity index (χ2n) is 9.50. The van der Waals surface area contributed by atoms with E-state index in [0.717, 1.165) is 12.8 Å². The smallest absolute Gasteiger partial charge is 0.0465 e. The molecule has 0 amide bonds. The van der Waals surface area contributed by atoms with Crippen LogP contribution >= 0.6 is 0 Å². The molecule has 0 saturated heterocycles. The van der Waals surface area contributed by atoms with Crippen molar-refractivity contribution in [1.29, 1.82) is 0 Å². The van der Waals surface area contributed by atoms with Gasteiger partial charge in [0.1, 0.15) is 0 Å². The van der Waals surface area contributed by atoms with Gasteiger partial charge in [0.2, 0.25) is 0 Å². The summed E-state index contributed by atoms with van der Waals surface area (Å²) in [5.74, 6) is 0. The van der Waals surface area contributed by atoms with Crippen LogP contribution in [0.25, 0.3) is 11.1 Å². The average molecular weight is 432 g/mol. The fourth-order valence-corrected chi connectivity index (χ4v) is 5.60. The minimum absolute atomic E-state index is 0.0735. The van der Waals surface area contributed by atoms with Gasteiger partial charge in [0.15, 0.2) is 0 Å². The monoisotopic (exact) mass is 431 g/mol. The van der Waals surface area contributed by atoms with Crippen LogP contribution in [0.15, 0.2) is 84.9 Å². The van der Waals surface area contributed by atoms with Gasteiger partial charge in [-0.3, -0.25) is 0 Å². The van der Waals surface area contributed by atoms with E-state index in [-0.39, 0.29) is 5.41 Å². The van der Waals surface area contributed by atoms with E-state index < -0.39 is 0 Å². The molecule has 0 aliphatic heterocycles. The van der Waals surface area contributed by atoms with Crippen LogP contribution in [0.1, 0.15) is 54.5 Å². The molecule has 0 spiro atoms. The Labute approximate surface area is 198 Å². The maximum atomic E-state index is 2.46. The number of aryl methyl sites for hydroxylation is 3. The molecule has 1 nitrogen and oxygen atoms in total. The second kappa shape index (κ2) is 8.23. The molecular weight excluding hydrogens is 398 g/mol. The van der Waals surface area contributed by atoms with Crippen LogP contribution in [-0.4, -0.2) is 0 Å². The molecule has 0 fully saturated rings. The van der Waals surface area contributed by atoms with E-state index in [1.165, 1.54) is 56.0 Å². The third kappa shape index (κ3) is 3.38. The molecule has 0 atom stereocenters. The van der Waals surface area contributed by atoms with Gasteiger partial charge in [-0.05, 0) is 103 Å². The molecule has 0 aromatic heterocycles. The number of nitrogens with zero attached hydrogens (tertiary/aromatic N) is 1. The first kappa shape index (κ1) is 21.5. The highest BCUT2D eigenvalue weighted by molar-refractivity contribution is 5.85. The molecule has 0 N–H and O–H groups in total. The van der Waals surface area contributed by atoms with Crippen molar-refractivity contribution in [2.24, 2.45) is 0 Å². The van der Waals surface area contributed by atoms with Crippen LogP contribution in [0.4, 0.5) is 17.1 Å². The van der Waals surface area contributed by atoms with Crippen LogP contribution < -0.4 is 4.90 Å². The van der Waals surface area contributed by atoms with Crippen molar-refractivity contribution in [2.45, 2.75) is 52.9 Å². The number of fused-ring (bicyclic) bond motifs is 3. The van der Waals surface area contributed by atoms with Crippen molar-refractivity contribution < 1.29 is 0 Å². The Balaban J connectivity index is 1.73. The molecule has 166 valence electrons. The van der Waals surface area contributed by atoms with E-state index in [1.807, 2.05) is 0 Å². The summed E-state index contributed by atoms with van der Waals surface area (Å²) in [6.07, 6.45) is 2.20. The SMILES string of the molecule is CCC1(CC)c2ccccc2-c2ccc(N(c3ccc(C)cc3)c3ccc(C)c(C)c3)cc21. The van der Waals surface area contributed by atoms with Gasteiger partial charge in [-0.15, -0.1) is 0 Å². The highest BCUT2D eigenvalue weighted by Gasteiger charge is 2.40. The molecule has 1 aliphatic rings. The number of hydrogen-bond acceptors (Lipinski definition) is 1. The van der Waals surface area contributed by atoms with Crippen molar-refractivity contribution in [3.63, 3.8) is 0 Å². The largest absolute Gasteiger partial charge is 0.310 e. The van der Waals surface area contributed by atoms with Crippen LogP contribution in [-0.2, 0) is 5.41 Å². The molecule has 0 heterocycles. The Morgan fingerprint density at radius 2 is 1.18 bits per heavy atom. The van der Waals surface area contributed by atoms with Gasteiger partial charge in [-0.25, -0.2) is 0 Å². The standard InChI is InChI=1S/C32H33N/c1-6-32(7-2)30-11-9-8-10-28(30)29-19-18-27(21-31(29)32)33(25-15-12-22(3)13-16-25)26-17-14-23(4)24(5)20-26/h8-21H,6-7H2,1-5H3. The molecule has 33 heavy (non-hydrogen) atoms. The number of benzene rings is 4. The Bertz CT molecular complexity index is 1310. The van der Waals surface area contributed by atoms with Crippen molar-refractivity contribution in [3.8, 4) is 11.1 Å². The third-order valence-corrected chi connectivity index (χ3v) is 7.76. The van der Waals surface area contributed by atoms with Crippen molar-refractivity contribution >= 4 is 17.1 Å². The van der Waals surface area contributed by atoms with Crippen LogP contribution in [0.3, 0.4) is 0 Å². The average Bonchev–Trinajstić information content (AvgIpc) is 3.12. The number of hydrogen-bond donors (Lipinski definition) is 0. The number of rotatable bonds is 5. The van der Waals surface area contributed by atoms with Gasteiger partial charge >= 0.3 is 0 Å². The molecule has 4 aromatic rings. The first-order valence-corrected chi connectivity index (χ1v) is 12.2. The van der Waals surface area contributed by atoms with E-state index in [4.69, 9.17) is 0 Å². The van der Waals surface area contributed by atoms with Crippen molar-refractivity contribution in [2.75, 3.05) is 4.90 Å². The van der Waals surface area contributed by atoms with Gasteiger partial charge in [-0.1, -0.05) is 67.9 Å². The topological polar surface area (TPSA) is 3.24 Å². The summed E-state index contributed by atoms with van der Waals surface area (Å²) >= 11 is 0. The zero-order chi connectivity index (χ0) is 23.2. The van der Waals surface area contributed by atoms with Crippen molar-refractivity contribution in [1.82, 2.24) is 0 Å². The summed E-state index contributed by atoms with van der Waals surface area (Å²) in [5, 5.41) is 0. The van der Waals surface area contributed by atoms with E-state index in [0.29, 0.717) is 0 Å². The van der Waals surface area contributed by atoms with E-state index in [1.54, 1.807) is 0 Å². The fourth-order valence-electron chi connectivity index (χ4n) is 5.60. The van der Waals surface area contributed by atoms with Gasteiger partial charge in [-0.2, -0.15) is 0 Å². The molecular formula is C32H33N. The second-order valence-corrected chi connectivity index (χ2v) is 9.50. The fraction of sp³-hybridized carbons (Fsp3) is 0.250. The lowest BCUT2D eigenvalue weighted by molar-refractivity contribution is 0.490. The summed E-state index contributed by atoms with van der Waals surface area (Å²) in [7, 11) is 0. The summed E-state index contributed by atoms with van der Waals surface area (Å²) in [5.41, 5.74) is 13.3. The maximum absolute atomic E-state index is 2.46. The van der Waals surface area contributed by atoms with E-state index in [2.05, 4.69) is 124 Å². The first-order valence-electron chi connectivity index (χ1n) is 12.2. The molecule has 1 heteroatoms. The zero-order valence-corrected chi connectivity index (χ0v) is 20.4. The summed E-state index contributed by atoms with van der Waals surface area (Å²) in [4.78, 5) is 2.41. The summed E-state index contributed by atoms with van der Waals surface area (Å²) in [6.45, 7) is 11.2. The molecule has 0 radical (unpaired) electrons. The summed E-state index contributed by atoms with van der Waals surface area (Å²) < 4.78 is 0. The lowest BCUT2D eigenvalue weighted by Gasteiger charge is -2.32. The third-order valence-electron chi connectivity index (χ3n) is 7.76. The zero-order valence-electron chi connectivity index (χ0n) is 20.4. The quantitative estimate of drug-likeness (QED) is 0.304. The predicted molar refractivity (Wildman–Crippen MR) is 142 cm³/mol. The van der Waals surface area contributed by atoms with E-state index >= 15 is 0 Å². The minimum atomic E-state index is 0.0735. The van der Waals surface area contributed by atoms with Crippen LogP contribution in [0.2, 0.25) is 0 Å². The van der Waals surface area contributed by atoms with Gasteiger partial charge in [0, 0.05) is 22.5 Å². The van der Waals surface area contributed by atoms with E-state index in [9.17, 15) is 0 Å². The molecule has 4 aromatic carbocycles. The molecule has 0 saturated carbocycles. The normalized spacial score (nSPS) is 13.5. The van der Waals surface area contributed by atoms with Gasteiger partial charge < -0.3 is 4.90 Å². The summed E-state index contributed by atoms with van der Waals surface area (Å²) in [6, 6.07) is 31.8. The van der Waals surface area contributed by atoms with Crippen LogP contribution in [0.5, 0.6) is 0 Å². The first-order chi connectivity index (χ1) is 16.0.